The zero-order valence-electron chi connectivity index (χ0n) is 15.4. The van der Waals surface area contributed by atoms with Gasteiger partial charge in [0.15, 0.2) is 0 Å². The molecule has 1 unspecified atom stereocenters. The summed E-state index contributed by atoms with van der Waals surface area (Å²) in [4.78, 5) is 19.5. The summed E-state index contributed by atoms with van der Waals surface area (Å²) in [5.74, 6) is 0.334. The van der Waals surface area contributed by atoms with Crippen LogP contribution in [0.3, 0.4) is 0 Å². The Morgan fingerprint density at radius 3 is 2.26 bits per heavy atom. The van der Waals surface area contributed by atoms with Gasteiger partial charge in [-0.05, 0) is 49.6 Å². The van der Waals surface area contributed by atoms with Crippen LogP contribution in [0.2, 0.25) is 0 Å². The Labute approximate surface area is 157 Å². The van der Waals surface area contributed by atoms with Crippen molar-refractivity contribution >= 4 is 23.0 Å². The van der Waals surface area contributed by atoms with Gasteiger partial charge in [0.2, 0.25) is 11.6 Å². The number of benzene rings is 2. The summed E-state index contributed by atoms with van der Waals surface area (Å²) < 4.78 is 0. The molecule has 7 heteroatoms. The van der Waals surface area contributed by atoms with Gasteiger partial charge in [-0.25, -0.2) is 9.97 Å². The molecule has 0 aliphatic carbocycles. The maximum atomic E-state index is 11.7. The SMILES string of the molecule is Cc1cc(C)cc(Nc2ncnc(NC(C)c3ccccc3)c2[N+](=O)[O-])c1. The number of rotatable bonds is 6. The maximum Gasteiger partial charge on any atom is 0.353 e. The number of anilines is 3. The van der Waals surface area contributed by atoms with E-state index in [9.17, 15) is 10.1 Å². The highest BCUT2D eigenvalue weighted by molar-refractivity contribution is 5.74. The predicted octanol–water partition coefficient (Wildman–Crippen LogP) is 4.92. The summed E-state index contributed by atoms with van der Waals surface area (Å²) in [5, 5.41) is 17.9. The van der Waals surface area contributed by atoms with E-state index in [1.54, 1.807) is 0 Å². The van der Waals surface area contributed by atoms with Crippen LogP contribution in [0.25, 0.3) is 0 Å². The van der Waals surface area contributed by atoms with E-state index in [0.29, 0.717) is 0 Å². The Bertz CT molecular complexity index is 940. The molecule has 0 bridgehead atoms. The van der Waals surface area contributed by atoms with Gasteiger partial charge in [-0.15, -0.1) is 0 Å². The molecule has 0 saturated heterocycles. The molecule has 27 heavy (non-hydrogen) atoms. The third-order valence-corrected chi connectivity index (χ3v) is 4.14. The largest absolute Gasteiger partial charge is 0.358 e. The van der Waals surface area contributed by atoms with Crippen molar-refractivity contribution in [2.75, 3.05) is 10.6 Å². The minimum absolute atomic E-state index is 0.145. The van der Waals surface area contributed by atoms with Gasteiger partial charge in [0.1, 0.15) is 6.33 Å². The molecule has 3 rings (SSSR count). The van der Waals surface area contributed by atoms with Crippen molar-refractivity contribution in [2.24, 2.45) is 0 Å². The molecule has 0 aliphatic rings. The normalized spacial score (nSPS) is 11.7. The fourth-order valence-corrected chi connectivity index (χ4v) is 2.96. The molecule has 0 aliphatic heterocycles. The molecule has 3 aromatic rings. The lowest BCUT2D eigenvalue weighted by Crippen LogP contribution is -2.11. The van der Waals surface area contributed by atoms with E-state index in [2.05, 4.69) is 20.6 Å². The fourth-order valence-electron chi connectivity index (χ4n) is 2.96. The van der Waals surface area contributed by atoms with E-state index in [0.717, 1.165) is 22.4 Å². The molecule has 0 fully saturated rings. The fraction of sp³-hybridized carbons (Fsp3) is 0.200. The molecular weight excluding hydrogens is 342 g/mol. The van der Waals surface area contributed by atoms with Crippen LogP contribution < -0.4 is 10.6 Å². The van der Waals surface area contributed by atoms with Crippen molar-refractivity contribution in [3.8, 4) is 0 Å². The molecule has 2 N–H and O–H groups in total. The van der Waals surface area contributed by atoms with Gasteiger partial charge in [-0.3, -0.25) is 10.1 Å². The molecular formula is C20H21N5O2. The van der Waals surface area contributed by atoms with Crippen molar-refractivity contribution in [2.45, 2.75) is 26.8 Å². The highest BCUT2D eigenvalue weighted by Gasteiger charge is 2.24. The van der Waals surface area contributed by atoms with E-state index in [4.69, 9.17) is 0 Å². The van der Waals surface area contributed by atoms with Crippen molar-refractivity contribution in [1.29, 1.82) is 0 Å². The van der Waals surface area contributed by atoms with Crippen LogP contribution in [0, 0.1) is 24.0 Å². The molecule has 0 amide bonds. The van der Waals surface area contributed by atoms with Gasteiger partial charge in [0.05, 0.1) is 11.0 Å². The smallest absolute Gasteiger partial charge is 0.353 e. The van der Waals surface area contributed by atoms with Gasteiger partial charge in [0, 0.05) is 5.69 Å². The summed E-state index contributed by atoms with van der Waals surface area (Å²) in [6.45, 7) is 5.88. The van der Waals surface area contributed by atoms with Crippen LogP contribution >= 0.6 is 0 Å². The molecule has 1 aromatic heterocycles. The van der Waals surface area contributed by atoms with E-state index in [1.165, 1.54) is 6.33 Å². The molecule has 2 aromatic carbocycles. The summed E-state index contributed by atoms with van der Waals surface area (Å²) in [5.41, 5.74) is 3.69. The first-order valence-electron chi connectivity index (χ1n) is 8.60. The van der Waals surface area contributed by atoms with Crippen molar-refractivity contribution in [3.05, 3.63) is 81.7 Å². The summed E-state index contributed by atoms with van der Waals surface area (Å²) >= 11 is 0. The first kappa shape index (κ1) is 18.3. The van der Waals surface area contributed by atoms with Crippen LogP contribution in [0.4, 0.5) is 23.0 Å². The highest BCUT2D eigenvalue weighted by atomic mass is 16.6. The molecule has 1 atom stereocenters. The summed E-state index contributed by atoms with van der Waals surface area (Å²) in [6.07, 6.45) is 1.32. The van der Waals surface area contributed by atoms with Gasteiger partial charge >= 0.3 is 5.69 Å². The quantitative estimate of drug-likeness (QED) is 0.477. The lowest BCUT2D eigenvalue weighted by Gasteiger charge is -2.16. The number of nitrogens with zero attached hydrogens (tertiary/aromatic N) is 3. The summed E-state index contributed by atoms with van der Waals surface area (Å²) in [6, 6.07) is 15.4. The average molecular weight is 363 g/mol. The monoisotopic (exact) mass is 363 g/mol. The maximum absolute atomic E-state index is 11.7. The topological polar surface area (TPSA) is 93.0 Å². The Kier molecular flexibility index (Phi) is 5.30. The van der Waals surface area contributed by atoms with Crippen molar-refractivity contribution < 1.29 is 4.92 Å². The first-order chi connectivity index (χ1) is 12.9. The van der Waals surface area contributed by atoms with Gasteiger partial charge in [-0.1, -0.05) is 36.4 Å². The molecule has 138 valence electrons. The number of aryl methyl sites for hydroxylation is 2. The standard InChI is InChI=1S/C20H21N5O2/c1-13-9-14(2)11-17(10-13)24-20-18(25(26)27)19(21-12-22-20)23-15(3)16-7-5-4-6-8-16/h4-12,15H,1-3H3,(H2,21,22,23,24). The Morgan fingerprint density at radius 1 is 1.00 bits per heavy atom. The second-order valence-electron chi connectivity index (χ2n) is 6.45. The second kappa shape index (κ2) is 7.82. The van der Waals surface area contributed by atoms with Gasteiger partial charge < -0.3 is 10.6 Å². The molecule has 0 spiro atoms. The minimum Gasteiger partial charge on any atom is -0.358 e. The minimum atomic E-state index is -0.467. The Morgan fingerprint density at radius 2 is 1.63 bits per heavy atom. The molecule has 7 nitrogen and oxygen atoms in total. The average Bonchev–Trinajstić information content (AvgIpc) is 2.61. The van der Waals surface area contributed by atoms with Crippen LogP contribution in [0.5, 0.6) is 0 Å². The number of aromatic nitrogens is 2. The third-order valence-electron chi connectivity index (χ3n) is 4.14. The lowest BCUT2D eigenvalue weighted by atomic mass is 10.1. The Balaban J connectivity index is 1.94. The van der Waals surface area contributed by atoms with Crippen molar-refractivity contribution in [1.82, 2.24) is 9.97 Å². The van der Waals surface area contributed by atoms with Crippen LogP contribution in [-0.2, 0) is 0 Å². The second-order valence-corrected chi connectivity index (χ2v) is 6.45. The third kappa shape index (κ3) is 4.38. The van der Waals surface area contributed by atoms with E-state index < -0.39 is 4.92 Å². The van der Waals surface area contributed by atoms with E-state index >= 15 is 0 Å². The first-order valence-corrected chi connectivity index (χ1v) is 8.60. The highest BCUT2D eigenvalue weighted by Crippen LogP contribution is 2.33. The predicted molar refractivity (Wildman–Crippen MR) is 106 cm³/mol. The van der Waals surface area contributed by atoms with Crippen molar-refractivity contribution in [3.63, 3.8) is 0 Å². The number of hydrogen-bond acceptors (Lipinski definition) is 6. The summed E-state index contributed by atoms with van der Waals surface area (Å²) in [7, 11) is 0. The number of hydrogen-bond donors (Lipinski definition) is 2. The Hall–Kier alpha value is -3.48. The number of nitrogens with one attached hydrogen (secondary N) is 2. The lowest BCUT2D eigenvalue weighted by molar-refractivity contribution is -0.383. The van der Waals surface area contributed by atoms with Gasteiger partial charge in [0.25, 0.3) is 0 Å². The van der Waals surface area contributed by atoms with E-state index in [1.807, 2.05) is 69.3 Å². The van der Waals surface area contributed by atoms with Crippen LogP contribution in [-0.4, -0.2) is 14.9 Å². The van der Waals surface area contributed by atoms with Crippen LogP contribution in [0.1, 0.15) is 29.7 Å². The molecule has 0 saturated carbocycles. The molecule has 0 radical (unpaired) electrons. The molecule has 1 heterocycles. The van der Waals surface area contributed by atoms with Gasteiger partial charge in [-0.2, -0.15) is 0 Å². The zero-order chi connectivity index (χ0) is 19.4. The van der Waals surface area contributed by atoms with Crippen LogP contribution in [0.15, 0.2) is 54.9 Å². The number of nitro groups is 1. The van der Waals surface area contributed by atoms with E-state index in [-0.39, 0.29) is 23.4 Å². The zero-order valence-corrected chi connectivity index (χ0v) is 15.4.